The van der Waals surface area contributed by atoms with Crippen LogP contribution >= 0.6 is 0 Å². The smallest absolute Gasteiger partial charge is 0.253 e. The molecule has 4 heteroatoms. The van der Waals surface area contributed by atoms with Crippen molar-refractivity contribution in [3.8, 4) is 5.75 Å². The van der Waals surface area contributed by atoms with Crippen LogP contribution in [-0.4, -0.2) is 36.5 Å². The zero-order chi connectivity index (χ0) is 14.4. The van der Waals surface area contributed by atoms with Crippen molar-refractivity contribution in [1.29, 1.82) is 0 Å². The first-order valence-electron chi connectivity index (χ1n) is 6.49. The number of hydrogen-bond donors (Lipinski definition) is 0. The molecule has 0 saturated heterocycles. The van der Waals surface area contributed by atoms with Gasteiger partial charge in [0.2, 0.25) is 0 Å². The van der Waals surface area contributed by atoms with Gasteiger partial charge in [-0.2, -0.15) is 0 Å². The van der Waals surface area contributed by atoms with Gasteiger partial charge in [0, 0.05) is 31.5 Å². The van der Waals surface area contributed by atoms with E-state index < -0.39 is 0 Å². The molecule has 1 heterocycles. The van der Waals surface area contributed by atoms with E-state index in [1.54, 1.807) is 36.5 Å². The summed E-state index contributed by atoms with van der Waals surface area (Å²) >= 11 is 0. The molecule has 0 saturated carbocycles. The molecular weight excluding hydrogens is 252 g/mol. The number of nitrogens with zero attached hydrogens (tertiary/aromatic N) is 2. The van der Waals surface area contributed by atoms with Crippen molar-refractivity contribution in [1.82, 2.24) is 9.88 Å². The Kier molecular flexibility index (Phi) is 4.71. The van der Waals surface area contributed by atoms with Crippen molar-refractivity contribution in [3.05, 3.63) is 59.9 Å². The molecule has 0 spiro atoms. The number of pyridine rings is 1. The quantitative estimate of drug-likeness (QED) is 0.838. The highest BCUT2D eigenvalue weighted by atomic mass is 16.5. The maximum absolute atomic E-state index is 12.3. The molecule has 0 aliphatic rings. The molecule has 2 aromatic rings. The van der Waals surface area contributed by atoms with E-state index in [9.17, 15) is 4.79 Å². The molecule has 20 heavy (non-hydrogen) atoms. The lowest BCUT2D eigenvalue weighted by atomic mass is 10.1. The molecule has 0 radical (unpaired) electrons. The first kappa shape index (κ1) is 14.1. The van der Waals surface area contributed by atoms with Crippen molar-refractivity contribution in [3.63, 3.8) is 0 Å². The third-order valence-electron chi connectivity index (χ3n) is 3.15. The van der Waals surface area contributed by atoms with E-state index in [0.29, 0.717) is 17.9 Å². The third kappa shape index (κ3) is 3.57. The molecule has 104 valence electrons. The number of hydrogen-bond acceptors (Lipinski definition) is 3. The Balaban J connectivity index is 1.98. The second kappa shape index (κ2) is 6.70. The van der Waals surface area contributed by atoms with E-state index in [1.807, 2.05) is 31.3 Å². The van der Waals surface area contributed by atoms with E-state index in [0.717, 1.165) is 6.42 Å². The van der Waals surface area contributed by atoms with Gasteiger partial charge < -0.3 is 9.64 Å². The molecule has 1 aromatic carbocycles. The zero-order valence-electron chi connectivity index (χ0n) is 11.7. The fourth-order valence-corrected chi connectivity index (χ4v) is 1.92. The summed E-state index contributed by atoms with van der Waals surface area (Å²) in [4.78, 5) is 18.0. The van der Waals surface area contributed by atoms with Gasteiger partial charge in [0.1, 0.15) is 5.75 Å². The highest BCUT2D eigenvalue weighted by Gasteiger charge is 2.12. The predicted octanol–water partition coefficient (Wildman–Crippen LogP) is 2.40. The van der Waals surface area contributed by atoms with Gasteiger partial charge in [0.15, 0.2) is 0 Å². The first-order chi connectivity index (χ1) is 9.70. The summed E-state index contributed by atoms with van der Waals surface area (Å²) in [5.74, 6) is 0.691. The van der Waals surface area contributed by atoms with E-state index in [2.05, 4.69) is 4.98 Å². The number of aromatic nitrogens is 1. The Morgan fingerprint density at radius 3 is 2.70 bits per heavy atom. The molecule has 1 aromatic heterocycles. The van der Waals surface area contributed by atoms with Crippen LogP contribution in [0.1, 0.15) is 15.9 Å². The lowest BCUT2D eigenvalue weighted by Gasteiger charge is -2.17. The van der Waals surface area contributed by atoms with Gasteiger partial charge in [-0.05, 0) is 42.3 Å². The number of carbonyl (C=O) groups is 1. The highest BCUT2D eigenvalue weighted by molar-refractivity contribution is 5.94. The first-order valence-corrected chi connectivity index (χ1v) is 6.49. The summed E-state index contributed by atoms with van der Waals surface area (Å²) in [6, 6.07) is 11.1. The highest BCUT2D eigenvalue weighted by Crippen LogP contribution is 2.14. The van der Waals surface area contributed by atoms with Crippen LogP contribution < -0.4 is 4.74 Å². The molecule has 1 amide bonds. The van der Waals surface area contributed by atoms with E-state index in [4.69, 9.17) is 4.74 Å². The van der Waals surface area contributed by atoms with Crippen molar-refractivity contribution >= 4 is 5.91 Å². The number of rotatable bonds is 5. The number of ether oxygens (including phenoxy) is 1. The van der Waals surface area contributed by atoms with Crippen LogP contribution in [0.4, 0.5) is 0 Å². The number of methoxy groups -OCH3 is 1. The van der Waals surface area contributed by atoms with Gasteiger partial charge in [0.05, 0.1) is 7.11 Å². The predicted molar refractivity (Wildman–Crippen MR) is 77.9 cm³/mol. The topological polar surface area (TPSA) is 42.4 Å². The summed E-state index contributed by atoms with van der Waals surface area (Å²) < 4.78 is 5.14. The number of benzene rings is 1. The Morgan fingerprint density at radius 2 is 2.00 bits per heavy atom. The molecule has 0 atom stereocenters. The van der Waals surface area contributed by atoms with Crippen LogP contribution in [-0.2, 0) is 6.42 Å². The van der Waals surface area contributed by atoms with Crippen LogP contribution in [0.2, 0.25) is 0 Å². The van der Waals surface area contributed by atoms with E-state index in [1.165, 1.54) is 5.56 Å². The average molecular weight is 270 g/mol. The summed E-state index contributed by atoms with van der Waals surface area (Å²) in [5.41, 5.74) is 1.81. The van der Waals surface area contributed by atoms with Gasteiger partial charge in [0.25, 0.3) is 5.91 Å². The monoisotopic (exact) mass is 270 g/mol. The number of carbonyl (C=O) groups excluding carboxylic acids is 1. The van der Waals surface area contributed by atoms with Crippen LogP contribution in [0.5, 0.6) is 5.75 Å². The zero-order valence-corrected chi connectivity index (χ0v) is 11.7. The minimum atomic E-state index is -0.00189. The van der Waals surface area contributed by atoms with Crippen molar-refractivity contribution < 1.29 is 9.53 Å². The molecule has 4 nitrogen and oxygen atoms in total. The summed E-state index contributed by atoms with van der Waals surface area (Å²) in [5, 5.41) is 0. The summed E-state index contributed by atoms with van der Waals surface area (Å²) in [6.07, 6.45) is 4.34. The van der Waals surface area contributed by atoms with Gasteiger partial charge in [-0.1, -0.05) is 6.07 Å². The van der Waals surface area contributed by atoms with Crippen LogP contribution in [0.3, 0.4) is 0 Å². The summed E-state index contributed by atoms with van der Waals surface area (Å²) in [7, 11) is 3.40. The Hall–Kier alpha value is -2.36. The second-order valence-electron chi connectivity index (χ2n) is 4.56. The van der Waals surface area contributed by atoms with Gasteiger partial charge in [-0.25, -0.2) is 0 Å². The van der Waals surface area contributed by atoms with Crippen LogP contribution in [0.25, 0.3) is 0 Å². The fourth-order valence-electron chi connectivity index (χ4n) is 1.92. The molecular formula is C16H18N2O2. The van der Waals surface area contributed by atoms with Crippen molar-refractivity contribution in [2.45, 2.75) is 6.42 Å². The molecule has 0 unspecified atom stereocenters. The molecule has 0 aliphatic carbocycles. The molecule has 2 rings (SSSR count). The SMILES string of the molecule is COc1cccc(C(=O)N(C)CCc2ccncc2)c1. The standard InChI is InChI=1S/C16H18N2O2/c1-18(11-8-13-6-9-17-10-7-13)16(19)14-4-3-5-15(12-14)20-2/h3-7,9-10,12H,8,11H2,1-2H3. The fraction of sp³-hybridized carbons (Fsp3) is 0.250. The second-order valence-corrected chi connectivity index (χ2v) is 4.56. The number of likely N-dealkylation sites (N-methyl/N-ethyl adjacent to an activating group) is 1. The maximum Gasteiger partial charge on any atom is 0.253 e. The Labute approximate surface area is 119 Å². The van der Waals surface area contributed by atoms with E-state index >= 15 is 0 Å². The molecule has 0 fully saturated rings. The van der Waals surface area contributed by atoms with Gasteiger partial charge in [-0.3, -0.25) is 9.78 Å². The lowest BCUT2D eigenvalue weighted by molar-refractivity contribution is 0.0796. The Bertz CT molecular complexity index is 570. The Morgan fingerprint density at radius 1 is 1.25 bits per heavy atom. The van der Waals surface area contributed by atoms with E-state index in [-0.39, 0.29) is 5.91 Å². The largest absolute Gasteiger partial charge is 0.497 e. The summed E-state index contributed by atoms with van der Waals surface area (Å²) in [6.45, 7) is 0.667. The normalized spacial score (nSPS) is 10.1. The maximum atomic E-state index is 12.3. The van der Waals surface area contributed by atoms with Gasteiger partial charge in [-0.15, -0.1) is 0 Å². The molecule has 0 N–H and O–H groups in total. The van der Waals surface area contributed by atoms with Gasteiger partial charge >= 0.3 is 0 Å². The minimum Gasteiger partial charge on any atom is -0.497 e. The molecule has 0 bridgehead atoms. The minimum absolute atomic E-state index is 0.00189. The van der Waals surface area contributed by atoms with Crippen molar-refractivity contribution in [2.75, 3.05) is 20.7 Å². The average Bonchev–Trinajstić information content (AvgIpc) is 2.53. The van der Waals surface area contributed by atoms with Crippen LogP contribution in [0.15, 0.2) is 48.8 Å². The number of amides is 1. The van der Waals surface area contributed by atoms with Crippen molar-refractivity contribution in [2.24, 2.45) is 0 Å². The molecule has 0 aliphatic heterocycles. The lowest BCUT2D eigenvalue weighted by Crippen LogP contribution is -2.28. The third-order valence-corrected chi connectivity index (χ3v) is 3.15. The van der Waals surface area contributed by atoms with Crippen LogP contribution in [0, 0.1) is 0 Å².